The first-order chi connectivity index (χ1) is 9.52. The lowest BCUT2D eigenvalue weighted by Crippen LogP contribution is -2.29. The van der Waals surface area contributed by atoms with Crippen molar-refractivity contribution in [3.8, 4) is 0 Å². The molecule has 0 aliphatic carbocycles. The molecule has 0 rings (SSSR count). The molecular formula is C18H37NO. The summed E-state index contributed by atoms with van der Waals surface area (Å²) >= 11 is 0. The van der Waals surface area contributed by atoms with Gasteiger partial charge in [0.2, 0.25) is 5.91 Å². The van der Waals surface area contributed by atoms with Crippen LogP contribution < -0.4 is 5.32 Å². The first-order valence-corrected chi connectivity index (χ1v) is 8.81. The Kier molecular flexibility index (Phi) is 13.1. The summed E-state index contributed by atoms with van der Waals surface area (Å²) in [5, 5.41) is 2.94. The summed E-state index contributed by atoms with van der Waals surface area (Å²) in [7, 11) is 0. The summed E-state index contributed by atoms with van der Waals surface area (Å²) in [5.74, 6) is 1.08. The first kappa shape index (κ1) is 19.5. The molecule has 0 radical (unpaired) electrons. The van der Waals surface area contributed by atoms with E-state index in [1.165, 1.54) is 57.8 Å². The third-order valence-corrected chi connectivity index (χ3v) is 3.63. The minimum Gasteiger partial charge on any atom is -0.354 e. The van der Waals surface area contributed by atoms with E-state index in [0.717, 1.165) is 12.3 Å². The molecule has 0 heterocycles. The van der Waals surface area contributed by atoms with Crippen molar-refractivity contribution in [1.82, 2.24) is 5.32 Å². The van der Waals surface area contributed by atoms with Gasteiger partial charge in [-0.3, -0.25) is 4.79 Å². The fraction of sp³-hybridized carbons (Fsp3) is 0.944. The molecule has 0 aliphatic heterocycles. The van der Waals surface area contributed by atoms with Crippen LogP contribution in [0.2, 0.25) is 0 Å². The van der Waals surface area contributed by atoms with Crippen molar-refractivity contribution in [3.63, 3.8) is 0 Å². The van der Waals surface area contributed by atoms with E-state index in [1.807, 2.05) is 13.8 Å². The number of carbonyl (C=O) groups is 1. The zero-order valence-electron chi connectivity index (χ0n) is 14.3. The van der Waals surface area contributed by atoms with Crippen LogP contribution in [0.4, 0.5) is 0 Å². The van der Waals surface area contributed by atoms with Gasteiger partial charge in [-0.05, 0) is 26.2 Å². The van der Waals surface area contributed by atoms with Crippen LogP contribution in [-0.4, -0.2) is 11.9 Å². The fourth-order valence-electron chi connectivity index (χ4n) is 2.47. The highest BCUT2D eigenvalue weighted by Crippen LogP contribution is 2.13. The van der Waals surface area contributed by atoms with Gasteiger partial charge in [0.1, 0.15) is 0 Å². The molecule has 120 valence electrons. The fourth-order valence-corrected chi connectivity index (χ4v) is 2.47. The number of hydrogen-bond acceptors (Lipinski definition) is 1. The Morgan fingerprint density at radius 2 is 1.20 bits per heavy atom. The molecule has 0 aromatic heterocycles. The molecule has 1 amide bonds. The average molecular weight is 284 g/mol. The van der Waals surface area contributed by atoms with Crippen LogP contribution in [0.15, 0.2) is 0 Å². The van der Waals surface area contributed by atoms with Crippen LogP contribution >= 0.6 is 0 Å². The minimum absolute atomic E-state index is 0.213. The second-order valence-electron chi connectivity index (χ2n) is 6.84. The van der Waals surface area contributed by atoms with Gasteiger partial charge in [-0.25, -0.2) is 0 Å². The highest BCUT2D eigenvalue weighted by atomic mass is 16.1. The lowest BCUT2D eigenvalue weighted by Gasteiger charge is -2.07. The van der Waals surface area contributed by atoms with E-state index >= 15 is 0 Å². The number of nitrogens with one attached hydrogen (secondary N) is 1. The van der Waals surface area contributed by atoms with Crippen LogP contribution in [0.25, 0.3) is 0 Å². The zero-order valence-corrected chi connectivity index (χ0v) is 14.3. The summed E-state index contributed by atoms with van der Waals surface area (Å²) in [6.07, 6.45) is 14.0. The Bertz CT molecular complexity index is 223. The van der Waals surface area contributed by atoms with E-state index < -0.39 is 0 Å². The molecule has 20 heavy (non-hydrogen) atoms. The molecule has 0 saturated heterocycles. The smallest absolute Gasteiger partial charge is 0.220 e. The average Bonchev–Trinajstić information content (AvgIpc) is 2.34. The minimum atomic E-state index is 0.213. The van der Waals surface area contributed by atoms with Crippen molar-refractivity contribution >= 4 is 5.91 Å². The second-order valence-corrected chi connectivity index (χ2v) is 6.84. The van der Waals surface area contributed by atoms with Crippen LogP contribution in [0.5, 0.6) is 0 Å². The van der Waals surface area contributed by atoms with Crippen molar-refractivity contribution < 1.29 is 4.79 Å². The SMILES string of the molecule is CC(C)CCCCCCCCCCCC(=O)NC(C)C. The topological polar surface area (TPSA) is 29.1 Å². The molecule has 0 aromatic carbocycles. The highest BCUT2D eigenvalue weighted by Gasteiger charge is 2.02. The Balaban J connectivity index is 3.11. The number of amides is 1. The van der Waals surface area contributed by atoms with E-state index in [1.54, 1.807) is 0 Å². The monoisotopic (exact) mass is 283 g/mol. The molecule has 2 heteroatoms. The van der Waals surface area contributed by atoms with Gasteiger partial charge in [-0.1, -0.05) is 71.6 Å². The van der Waals surface area contributed by atoms with Crippen molar-refractivity contribution in [3.05, 3.63) is 0 Å². The summed E-state index contributed by atoms with van der Waals surface area (Å²) in [6, 6.07) is 0.276. The van der Waals surface area contributed by atoms with Crippen molar-refractivity contribution in [2.75, 3.05) is 0 Å². The number of unbranched alkanes of at least 4 members (excludes halogenated alkanes) is 8. The summed E-state index contributed by atoms with van der Waals surface area (Å²) in [6.45, 7) is 8.64. The maximum Gasteiger partial charge on any atom is 0.220 e. The van der Waals surface area contributed by atoms with Crippen molar-refractivity contribution in [1.29, 1.82) is 0 Å². The van der Waals surface area contributed by atoms with Gasteiger partial charge in [0.05, 0.1) is 0 Å². The van der Waals surface area contributed by atoms with E-state index in [0.29, 0.717) is 6.42 Å². The largest absolute Gasteiger partial charge is 0.354 e. The Morgan fingerprint density at radius 3 is 1.65 bits per heavy atom. The molecule has 0 unspecified atom stereocenters. The predicted octanol–water partition coefficient (Wildman–Crippen LogP) is 5.46. The first-order valence-electron chi connectivity index (χ1n) is 8.81. The summed E-state index contributed by atoms with van der Waals surface area (Å²) in [4.78, 5) is 11.4. The van der Waals surface area contributed by atoms with Gasteiger partial charge in [0, 0.05) is 12.5 Å². The van der Waals surface area contributed by atoms with Gasteiger partial charge < -0.3 is 5.32 Å². The molecule has 0 spiro atoms. The Morgan fingerprint density at radius 1 is 0.750 bits per heavy atom. The molecular weight excluding hydrogens is 246 g/mol. The molecule has 0 aliphatic rings. The Hall–Kier alpha value is -0.530. The number of hydrogen-bond donors (Lipinski definition) is 1. The van der Waals surface area contributed by atoms with E-state index in [4.69, 9.17) is 0 Å². The van der Waals surface area contributed by atoms with E-state index in [9.17, 15) is 4.79 Å². The number of rotatable bonds is 13. The zero-order chi connectivity index (χ0) is 15.2. The molecule has 0 saturated carbocycles. The standard InChI is InChI=1S/C18H37NO/c1-16(2)14-12-10-8-6-5-7-9-11-13-15-18(20)19-17(3)4/h16-17H,5-15H2,1-4H3,(H,19,20). The van der Waals surface area contributed by atoms with Crippen molar-refractivity contribution in [2.45, 2.75) is 104 Å². The van der Waals surface area contributed by atoms with E-state index in [2.05, 4.69) is 19.2 Å². The highest BCUT2D eigenvalue weighted by molar-refractivity contribution is 5.76. The normalized spacial score (nSPS) is 11.3. The second kappa shape index (κ2) is 13.5. The van der Waals surface area contributed by atoms with Crippen molar-refractivity contribution in [2.24, 2.45) is 5.92 Å². The lowest BCUT2D eigenvalue weighted by molar-refractivity contribution is -0.121. The molecule has 1 N–H and O–H groups in total. The molecule has 0 aromatic rings. The van der Waals surface area contributed by atoms with Gasteiger partial charge >= 0.3 is 0 Å². The maximum absolute atomic E-state index is 11.4. The summed E-state index contributed by atoms with van der Waals surface area (Å²) < 4.78 is 0. The maximum atomic E-state index is 11.4. The molecule has 2 nitrogen and oxygen atoms in total. The third-order valence-electron chi connectivity index (χ3n) is 3.63. The van der Waals surface area contributed by atoms with Crippen LogP contribution in [-0.2, 0) is 4.79 Å². The van der Waals surface area contributed by atoms with Gasteiger partial charge in [-0.2, -0.15) is 0 Å². The molecule has 0 atom stereocenters. The molecule has 0 bridgehead atoms. The van der Waals surface area contributed by atoms with E-state index in [-0.39, 0.29) is 11.9 Å². The van der Waals surface area contributed by atoms with Crippen LogP contribution in [0.3, 0.4) is 0 Å². The van der Waals surface area contributed by atoms with Gasteiger partial charge in [0.25, 0.3) is 0 Å². The lowest BCUT2D eigenvalue weighted by atomic mass is 10.0. The van der Waals surface area contributed by atoms with Gasteiger partial charge in [0.15, 0.2) is 0 Å². The third kappa shape index (κ3) is 15.5. The number of carbonyl (C=O) groups excluding carboxylic acids is 1. The van der Waals surface area contributed by atoms with Crippen LogP contribution in [0.1, 0.15) is 98.3 Å². The summed E-state index contributed by atoms with van der Waals surface area (Å²) in [5.41, 5.74) is 0. The predicted molar refractivity (Wildman–Crippen MR) is 88.9 cm³/mol. The Labute approximate surface area is 127 Å². The quantitative estimate of drug-likeness (QED) is 0.447. The van der Waals surface area contributed by atoms with Gasteiger partial charge in [-0.15, -0.1) is 0 Å². The molecule has 0 fully saturated rings. The van der Waals surface area contributed by atoms with Crippen LogP contribution in [0, 0.1) is 5.92 Å².